The van der Waals surface area contributed by atoms with Crippen LogP contribution in [0.4, 0.5) is 0 Å². The van der Waals surface area contributed by atoms with Gasteiger partial charge in [-0.05, 0) is 48.5 Å². The van der Waals surface area contributed by atoms with E-state index in [1.165, 1.54) is 0 Å². The Hall–Kier alpha value is -0.440. The first kappa shape index (κ1) is 27.1. The quantitative estimate of drug-likeness (QED) is 0.517. The number of nitrogens with zero attached hydrogens (tertiary/aromatic N) is 1. The highest BCUT2D eigenvalue weighted by Crippen LogP contribution is 2.41. The molecular formula is C25H44N2O9. The molecule has 0 aromatic rings. The van der Waals surface area contributed by atoms with Crippen molar-refractivity contribution in [1.82, 2.24) is 10.2 Å². The summed E-state index contributed by atoms with van der Waals surface area (Å²) in [4.78, 5) is 2.34. The van der Waals surface area contributed by atoms with Gasteiger partial charge in [-0.1, -0.05) is 0 Å². The zero-order valence-corrected chi connectivity index (χ0v) is 22.6. The lowest BCUT2D eigenvalue weighted by molar-refractivity contribution is -0.312. The van der Waals surface area contributed by atoms with Gasteiger partial charge in [-0.15, -0.1) is 0 Å². The van der Waals surface area contributed by atoms with Crippen LogP contribution in [0.1, 0.15) is 48.5 Å². The Morgan fingerprint density at radius 3 is 2.19 bits per heavy atom. The van der Waals surface area contributed by atoms with Crippen LogP contribution < -0.4 is 5.32 Å². The molecule has 36 heavy (non-hydrogen) atoms. The third-order valence-electron chi connectivity index (χ3n) is 7.47. The first-order valence-corrected chi connectivity index (χ1v) is 13.3. The minimum atomic E-state index is -1.06. The van der Waals surface area contributed by atoms with E-state index in [9.17, 15) is 5.11 Å². The summed E-state index contributed by atoms with van der Waals surface area (Å²) >= 11 is 0. The van der Waals surface area contributed by atoms with Gasteiger partial charge in [-0.25, -0.2) is 0 Å². The Labute approximate surface area is 213 Å². The van der Waals surface area contributed by atoms with Gasteiger partial charge in [0.25, 0.3) is 0 Å². The van der Waals surface area contributed by atoms with Gasteiger partial charge < -0.3 is 48.3 Å². The average Bonchev–Trinajstić information content (AvgIpc) is 3.41. The molecule has 5 saturated heterocycles. The van der Waals surface area contributed by atoms with E-state index in [4.69, 9.17) is 37.9 Å². The molecule has 5 fully saturated rings. The smallest absolute Gasteiger partial charge is 0.187 e. The maximum absolute atomic E-state index is 11.4. The normalized spacial score (nSPS) is 45.0. The van der Waals surface area contributed by atoms with E-state index in [0.29, 0.717) is 13.2 Å². The molecule has 0 aromatic carbocycles. The number of aliphatic hydroxyl groups excluding tert-OH is 1. The molecule has 0 bridgehead atoms. The van der Waals surface area contributed by atoms with Crippen LogP contribution in [0.3, 0.4) is 0 Å². The van der Waals surface area contributed by atoms with E-state index in [0.717, 1.165) is 26.2 Å². The number of piperazine rings is 1. The molecule has 208 valence electrons. The van der Waals surface area contributed by atoms with Crippen LogP contribution in [0, 0.1) is 0 Å². The van der Waals surface area contributed by atoms with E-state index in [1.807, 2.05) is 48.5 Å². The molecule has 0 aliphatic carbocycles. The number of rotatable bonds is 6. The molecule has 0 spiro atoms. The van der Waals surface area contributed by atoms with Crippen molar-refractivity contribution in [2.24, 2.45) is 0 Å². The molecule has 5 aliphatic heterocycles. The maximum atomic E-state index is 11.4. The van der Waals surface area contributed by atoms with E-state index in [-0.39, 0.29) is 12.2 Å². The molecule has 0 aromatic heterocycles. The lowest BCUT2D eigenvalue weighted by Gasteiger charge is -2.44. The van der Waals surface area contributed by atoms with Crippen molar-refractivity contribution in [2.75, 3.05) is 39.3 Å². The Kier molecular flexibility index (Phi) is 7.50. The van der Waals surface area contributed by atoms with Crippen LogP contribution >= 0.6 is 0 Å². The third kappa shape index (κ3) is 5.76. The van der Waals surface area contributed by atoms with Gasteiger partial charge in [0.05, 0.1) is 12.7 Å². The second kappa shape index (κ2) is 9.95. The number of hydrogen-bond acceptors (Lipinski definition) is 11. The van der Waals surface area contributed by atoms with Crippen LogP contribution in [-0.4, -0.2) is 122 Å². The number of aliphatic hydroxyl groups is 1. The molecule has 11 nitrogen and oxygen atoms in total. The predicted molar refractivity (Wildman–Crippen MR) is 127 cm³/mol. The van der Waals surface area contributed by atoms with Crippen LogP contribution in [0.15, 0.2) is 0 Å². The van der Waals surface area contributed by atoms with Gasteiger partial charge in [0.1, 0.15) is 42.7 Å². The fourth-order valence-corrected chi connectivity index (χ4v) is 5.97. The Balaban J connectivity index is 1.37. The summed E-state index contributed by atoms with van der Waals surface area (Å²) in [5, 5.41) is 14.8. The average molecular weight is 517 g/mol. The molecule has 0 amide bonds. The largest absolute Gasteiger partial charge is 0.385 e. The van der Waals surface area contributed by atoms with Gasteiger partial charge in [0.15, 0.2) is 23.7 Å². The van der Waals surface area contributed by atoms with Crippen molar-refractivity contribution < 1.29 is 43.0 Å². The van der Waals surface area contributed by atoms with Crippen molar-refractivity contribution in [1.29, 1.82) is 0 Å². The van der Waals surface area contributed by atoms with E-state index >= 15 is 0 Å². The Morgan fingerprint density at radius 1 is 0.917 bits per heavy atom. The molecular weight excluding hydrogens is 472 g/mol. The topological polar surface area (TPSA) is 109 Å². The lowest BCUT2D eigenvalue weighted by Crippen LogP contribution is -2.62. The molecule has 0 saturated carbocycles. The standard InChI is InChI=1S/C25H44N2O9/c1-14-18(34-24(4,5)32-14)19(16-13-29-23(2,3)33-16)31-22-17(28)21-20(35-25(6,7)36-21)15(30-22)12-27-10-8-26-9-11-27/h14-22,26,28H,8-13H2,1-7H3/t14-,15+,16+,17+,18+,19+,20-,21+,22-/m0/s1. The van der Waals surface area contributed by atoms with Gasteiger partial charge in [0.2, 0.25) is 0 Å². The third-order valence-corrected chi connectivity index (χ3v) is 7.47. The van der Waals surface area contributed by atoms with Crippen LogP contribution in [0.25, 0.3) is 0 Å². The molecule has 9 atom stereocenters. The van der Waals surface area contributed by atoms with Crippen LogP contribution in [0.5, 0.6) is 0 Å². The highest BCUT2D eigenvalue weighted by atomic mass is 16.8. The summed E-state index contributed by atoms with van der Waals surface area (Å²) in [5.41, 5.74) is 0. The van der Waals surface area contributed by atoms with Gasteiger partial charge in [-0.3, -0.25) is 4.90 Å². The minimum Gasteiger partial charge on any atom is -0.385 e. The molecule has 5 rings (SSSR count). The Morgan fingerprint density at radius 2 is 1.58 bits per heavy atom. The zero-order chi connectivity index (χ0) is 25.9. The van der Waals surface area contributed by atoms with Crippen LogP contribution in [0.2, 0.25) is 0 Å². The molecule has 5 aliphatic rings. The van der Waals surface area contributed by atoms with Crippen molar-refractivity contribution >= 4 is 0 Å². The van der Waals surface area contributed by atoms with Crippen molar-refractivity contribution in [3.63, 3.8) is 0 Å². The highest BCUT2D eigenvalue weighted by Gasteiger charge is 2.57. The maximum Gasteiger partial charge on any atom is 0.187 e. The molecule has 0 radical (unpaired) electrons. The molecule has 11 heteroatoms. The lowest BCUT2D eigenvalue weighted by atomic mass is 9.97. The molecule has 5 heterocycles. The van der Waals surface area contributed by atoms with E-state index in [2.05, 4.69) is 10.2 Å². The first-order chi connectivity index (χ1) is 16.8. The summed E-state index contributed by atoms with van der Waals surface area (Å²) in [6, 6.07) is 0. The van der Waals surface area contributed by atoms with Crippen molar-refractivity contribution in [2.45, 2.75) is 121 Å². The van der Waals surface area contributed by atoms with Gasteiger partial charge >= 0.3 is 0 Å². The number of ether oxygens (including phenoxy) is 8. The van der Waals surface area contributed by atoms with E-state index < -0.39 is 60.3 Å². The summed E-state index contributed by atoms with van der Waals surface area (Å²) in [6.45, 7) is 17.8. The summed E-state index contributed by atoms with van der Waals surface area (Å²) in [5.74, 6) is -2.35. The zero-order valence-electron chi connectivity index (χ0n) is 22.6. The van der Waals surface area contributed by atoms with Crippen LogP contribution in [-0.2, 0) is 37.9 Å². The fourth-order valence-electron chi connectivity index (χ4n) is 5.97. The first-order valence-electron chi connectivity index (χ1n) is 13.3. The molecule has 0 unspecified atom stereocenters. The van der Waals surface area contributed by atoms with E-state index in [1.54, 1.807) is 0 Å². The second-order valence-corrected chi connectivity index (χ2v) is 11.9. The number of fused-ring (bicyclic) bond motifs is 1. The van der Waals surface area contributed by atoms with Gasteiger partial charge in [0, 0.05) is 32.7 Å². The minimum absolute atomic E-state index is 0.257. The predicted octanol–water partition coefficient (Wildman–Crippen LogP) is 0.574. The second-order valence-electron chi connectivity index (χ2n) is 11.9. The Bertz CT molecular complexity index is 775. The fraction of sp³-hybridized carbons (Fsp3) is 1.00. The highest BCUT2D eigenvalue weighted by molar-refractivity contribution is 4.99. The van der Waals surface area contributed by atoms with Crippen molar-refractivity contribution in [3.8, 4) is 0 Å². The van der Waals surface area contributed by atoms with Gasteiger partial charge in [-0.2, -0.15) is 0 Å². The SMILES string of the molecule is C[C@@H]1OC(C)(C)O[C@H]1[C@H](O[C@@H]1O[C@H](CN2CCNCC2)[C@@H]2OC(C)(C)O[C@@H]2[C@H]1O)[C@H]1COC(C)(C)O1. The summed E-state index contributed by atoms with van der Waals surface area (Å²) < 4.78 is 49.7. The molecule has 2 N–H and O–H groups in total. The van der Waals surface area contributed by atoms with Crippen molar-refractivity contribution in [3.05, 3.63) is 0 Å². The number of hydrogen-bond donors (Lipinski definition) is 2. The summed E-state index contributed by atoms with van der Waals surface area (Å²) in [6.07, 6.45) is -5.08. The summed E-state index contributed by atoms with van der Waals surface area (Å²) in [7, 11) is 0. The monoisotopic (exact) mass is 516 g/mol. The number of nitrogens with one attached hydrogen (secondary N) is 1.